The van der Waals surface area contributed by atoms with Gasteiger partial charge in [0.05, 0.1) is 0 Å². The second-order valence-electron chi connectivity index (χ2n) is 7.86. The van der Waals surface area contributed by atoms with E-state index in [1.54, 1.807) is 0 Å². The van der Waals surface area contributed by atoms with Gasteiger partial charge in [0.25, 0.3) is 38.3 Å². The van der Waals surface area contributed by atoms with Crippen LogP contribution in [-0.4, -0.2) is 58.1 Å². The molecule has 5 nitrogen and oxygen atoms in total. The Morgan fingerprint density at radius 1 is 0.543 bits per heavy atom. The van der Waals surface area contributed by atoms with E-state index in [0.717, 1.165) is 15.7 Å². The first-order valence-electron chi connectivity index (χ1n) is 11.5. The van der Waals surface area contributed by atoms with E-state index in [0.29, 0.717) is 0 Å². The van der Waals surface area contributed by atoms with Crippen molar-refractivity contribution in [1.82, 2.24) is 0 Å². The standard InChI is InChI=1S/C24H30O5Si6/c30-25-31-26-32-27-33-28-34(21-13-5-1-6-14-21)29-35(22-15-7-2-8-16-22,23-17-9-3-10-18-23)24-19-11-4-12-20-24/h1-20,34H,31-33H2,30H3. The topological polar surface area (TPSA) is 46.2 Å². The number of hydrogen-bond donors (Lipinski definition) is 0. The van der Waals surface area contributed by atoms with Gasteiger partial charge in [0.15, 0.2) is 0 Å². The molecule has 0 fully saturated rings. The van der Waals surface area contributed by atoms with Crippen LogP contribution in [0.1, 0.15) is 0 Å². The molecule has 0 radical (unpaired) electrons. The SMILES string of the molecule is [SiH3]O[SiH2]O[SiH2]O[SiH2]O[SiH](O[Si](c1ccccc1)(c1ccccc1)c1ccccc1)c1ccccc1. The van der Waals surface area contributed by atoms with Crippen molar-refractivity contribution in [2.45, 2.75) is 0 Å². The average molecular weight is 567 g/mol. The molecular weight excluding hydrogens is 537 g/mol. The molecule has 0 saturated heterocycles. The second-order valence-corrected chi connectivity index (χ2v) is 20.8. The van der Waals surface area contributed by atoms with Gasteiger partial charge < -0.3 is 20.6 Å². The van der Waals surface area contributed by atoms with E-state index in [-0.39, 0.29) is 0 Å². The number of hydrogen-bond acceptors (Lipinski definition) is 5. The second kappa shape index (κ2) is 13.9. The third-order valence-electron chi connectivity index (χ3n) is 5.57. The highest BCUT2D eigenvalue weighted by atomic mass is 28.4. The lowest BCUT2D eigenvalue weighted by Crippen LogP contribution is -2.72. The fourth-order valence-corrected chi connectivity index (χ4v) is 18.6. The monoisotopic (exact) mass is 566 g/mol. The minimum atomic E-state index is -2.88. The molecule has 0 spiro atoms. The number of rotatable bonds is 13. The van der Waals surface area contributed by atoms with Crippen LogP contribution in [0.3, 0.4) is 0 Å². The zero-order valence-corrected chi connectivity index (χ0v) is 28.2. The van der Waals surface area contributed by atoms with Gasteiger partial charge in [-0.2, -0.15) is 0 Å². The molecule has 0 aliphatic heterocycles. The molecule has 35 heavy (non-hydrogen) atoms. The van der Waals surface area contributed by atoms with Gasteiger partial charge in [-0.05, 0) is 20.7 Å². The summed E-state index contributed by atoms with van der Waals surface area (Å²) >= 11 is 0. The Morgan fingerprint density at radius 2 is 0.971 bits per heavy atom. The van der Waals surface area contributed by atoms with E-state index >= 15 is 0 Å². The first kappa shape index (κ1) is 26.1. The minimum absolute atomic E-state index is 0.721. The highest BCUT2D eigenvalue weighted by Gasteiger charge is 2.44. The van der Waals surface area contributed by atoms with Crippen molar-refractivity contribution in [2.24, 2.45) is 0 Å². The molecule has 0 heterocycles. The lowest BCUT2D eigenvalue weighted by Gasteiger charge is -2.36. The Bertz CT molecular complexity index is 1030. The molecule has 0 saturated carbocycles. The first-order valence-corrected chi connectivity index (χ1v) is 19.2. The summed E-state index contributed by atoms with van der Waals surface area (Å²) in [6, 6.07) is 42.2. The summed E-state index contributed by atoms with van der Waals surface area (Å²) in [7, 11) is -7.63. The van der Waals surface area contributed by atoms with Crippen LogP contribution in [0, 0.1) is 0 Å². The van der Waals surface area contributed by atoms with Crippen LogP contribution >= 0.6 is 0 Å². The molecule has 0 bridgehead atoms. The minimum Gasteiger partial charge on any atom is -0.449 e. The summed E-state index contributed by atoms with van der Waals surface area (Å²) in [5.74, 6) is 0. The van der Waals surface area contributed by atoms with Crippen LogP contribution in [0.2, 0.25) is 0 Å². The van der Waals surface area contributed by atoms with E-state index in [9.17, 15) is 0 Å². The van der Waals surface area contributed by atoms with Crippen molar-refractivity contribution in [3.05, 3.63) is 121 Å². The normalized spacial score (nSPS) is 13.5. The smallest absolute Gasteiger partial charge is 0.337 e. The van der Waals surface area contributed by atoms with Crippen molar-refractivity contribution in [1.29, 1.82) is 0 Å². The van der Waals surface area contributed by atoms with Crippen molar-refractivity contribution in [3.8, 4) is 0 Å². The van der Waals surface area contributed by atoms with Crippen LogP contribution in [-0.2, 0) is 20.6 Å². The molecule has 0 aliphatic rings. The molecule has 0 aromatic heterocycles. The van der Waals surface area contributed by atoms with Crippen LogP contribution in [0.15, 0.2) is 121 Å². The molecule has 1 unspecified atom stereocenters. The van der Waals surface area contributed by atoms with E-state index in [1.165, 1.54) is 15.6 Å². The highest BCUT2D eigenvalue weighted by Crippen LogP contribution is 2.12. The predicted octanol–water partition coefficient (Wildman–Crippen LogP) is -1.86. The third kappa shape index (κ3) is 6.81. The Kier molecular flexibility index (Phi) is 10.4. The van der Waals surface area contributed by atoms with Crippen LogP contribution in [0.4, 0.5) is 0 Å². The number of benzene rings is 4. The summed E-state index contributed by atoms with van der Waals surface area (Å²) in [5.41, 5.74) is 0. The molecule has 180 valence electrons. The van der Waals surface area contributed by atoms with Gasteiger partial charge in [-0.3, -0.25) is 0 Å². The van der Waals surface area contributed by atoms with E-state index in [1.807, 2.05) is 18.2 Å². The van der Waals surface area contributed by atoms with Gasteiger partial charge >= 0.3 is 9.28 Å². The molecular formula is C24H30O5Si6. The lowest BCUT2D eigenvalue weighted by atomic mass is 10.3. The van der Waals surface area contributed by atoms with Crippen molar-refractivity contribution in [2.75, 3.05) is 0 Å². The largest absolute Gasteiger partial charge is 0.449 e. The van der Waals surface area contributed by atoms with Gasteiger partial charge in [-0.25, -0.2) is 0 Å². The summed E-state index contributed by atoms with van der Waals surface area (Å²) < 4.78 is 30.6. The molecule has 4 aromatic carbocycles. The molecule has 11 heteroatoms. The third-order valence-corrected chi connectivity index (χ3v) is 17.6. The maximum absolute atomic E-state index is 7.38. The van der Waals surface area contributed by atoms with E-state index in [4.69, 9.17) is 20.6 Å². The Balaban J connectivity index is 1.76. The van der Waals surface area contributed by atoms with Crippen LogP contribution in [0.25, 0.3) is 0 Å². The molecule has 0 amide bonds. The summed E-state index contributed by atoms with van der Waals surface area (Å²) in [5, 5.41) is 4.71. The molecule has 4 rings (SSSR count). The maximum Gasteiger partial charge on any atom is 0.337 e. The molecule has 4 aromatic rings. The predicted molar refractivity (Wildman–Crippen MR) is 158 cm³/mol. The van der Waals surface area contributed by atoms with E-state index < -0.39 is 47.6 Å². The first-order chi connectivity index (χ1) is 17.3. The Labute approximate surface area is 220 Å². The van der Waals surface area contributed by atoms with Crippen LogP contribution in [0.5, 0.6) is 0 Å². The fraction of sp³-hybridized carbons (Fsp3) is 0. The van der Waals surface area contributed by atoms with Crippen LogP contribution < -0.4 is 20.7 Å². The maximum atomic E-state index is 7.38. The van der Waals surface area contributed by atoms with E-state index in [2.05, 4.69) is 103 Å². The van der Waals surface area contributed by atoms with Gasteiger partial charge in [-0.15, -0.1) is 0 Å². The quantitative estimate of drug-likeness (QED) is 0.108. The molecule has 0 N–H and O–H groups in total. The van der Waals surface area contributed by atoms with Gasteiger partial charge in [-0.1, -0.05) is 121 Å². The zero-order valence-electron chi connectivity index (χ0n) is 19.8. The lowest BCUT2D eigenvalue weighted by molar-refractivity contribution is 0.380. The van der Waals surface area contributed by atoms with Gasteiger partial charge in [0, 0.05) is 0 Å². The summed E-state index contributed by atoms with van der Waals surface area (Å²) in [6.45, 7) is 0. The highest BCUT2D eigenvalue weighted by molar-refractivity contribution is 7.09. The average Bonchev–Trinajstić information content (AvgIpc) is 2.94. The molecule has 0 aliphatic carbocycles. The van der Waals surface area contributed by atoms with Gasteiger partial charge in [0.2, 0.25) is 0 Å². The Morgan fingerprint density at radius 3 is 1.43 bits per heavy atom. The van der Waals surface area contributed by atoms with Crippen molar-refractivity contribution < 1.29 is 20.6 Å². The van der Waals surface area contributed by atoms with Gasteiger partial charge in [0.1, 0.15) is 10.5 Å². The fourth-order valence-electron chi connectivity index (χ4n) is 4.01. The zero-order chi connectivity index (χ0) is 24.2. The Hall–Kier alpha value is -2.02. The summed E-state index contributed by atoms with van der Waals surface area (Å²) in [4.78, 5) is 0. The summed E-state index contributed by atoms with van der Waals surface area (Å²) in [6.07, 6.45) is 0. The molecule has 1 atom stereocenters. The van der Waals surface area contributed by atoms with Crippen molar-refractivity contribution >= 4 is 78.9 Å². The van der Waals surface area contributed by atoms with Crippen molar-refractivity contribution in [3.63, 3.8) is 0 Å².